The number of anilines is 1. The van der Waals surface area contributed by atoms with E-state index in [2.05, 4.69) is 20.5 Å². The lowest BCUT2D eigenvalue weighted by atomic mass is 10.1. The van der Waals surface area contributed by atoms with Gasteiger partial charge in [-0.3, -0.25) is 14.9 Å². The molecule has 6 heteroatoms. The lowest BCUT2D eigenvalue weighted by molar-refractivity contribution is 0.102. The van der Waals surface area contributed by atoms with Crippen LogP contribution in [-0.4, -0.2) is 21.1 Å². The van der Waals surface area contributed by atoms with Gasteiger partial charge in [0, 0.05) is 17.4 Å². The Morgan fingerprint density at radius 3 is 2.66 bits per heavy atom. The van der Waals surface area contributed by atoms with E-state index >= 15 is 0 Å². The molecule has 0 aliphatic carbocycles. The Kier molecular flexibility index (Phi) is 5.25. The Balaban J connectivity index is 1.52. The normalized spacial score (nSPS) is 10.9. The highest BCUT2D eigenvalue weighted by Crippen LogP contribution is 2.23. The molecule has 0 spiro atoms. The molecular weight excluding hydrogens is 367 g/mol. The van der Waals surface area contributed by atoms with Gasteiger partial charge in [-0.25, -0.2) is 4.39 Å². The minimum Gasteiger partial charge on any atom is -0.322 e. The van der Waals surface area contributed by atoms with Crippen LogP contribution in [0.15, 0.2) is 79.1 Å². The molecule has 0 saturated carbocycles. The van der Waals surface area contributed by atoms with Crippen molar-refractivity contribution in [2.45, 2.75) is 0 Å². The summed E-state index contributed by atoms with van der Waals surface area (Å²) >= 11 is 0. The van der Waals surface area contributed by atoms with Crippen molar-refractivity contribution in [1.29, 1.82) is 0 Å². The standard InChI is InChI=1S/C23H17FN4O/c24-18-10-8-17(9-11-18)22-21(15-26-28-22)23(29)27-20-6-3-4-16(14-20)7-12-19-5-1-2-13-25-19/h1-15H,(H,26,28)(H,27,29)/b12-7+. The summed E-state index contributed by atoms with van der Waals surface area (Å²) in [5, 5.41) is 9.66. The molecule has 0 bridgehead atoms. The van der Waals surface area contributed by atoms with Gasteiger partial charge in [0.1, 0.15) is 5.82 Å². The maximum atomic E-state index is 13.2. The molecule has 142 valence electrons. The van der Waals surface area contributed by atoms with E-state index in [1.54, 1.807) is 18.3 Å². The van der Waals surface area contributed by atoms with Crippen LogP contribution >= 0.6 is 0 Å². The van der Waals surface area contributed by atoms with Crippen LogP contribution in [0, 0.1) is 5.82 Å². The average molecular weight is 384 g/mol. The van der Waals surface area contributed by atoms with E-state index in [1.807, 2.05) is 54.6 Å². The van der Waals surface area contributed by atoms with Crippen molar-refractivity contribution in [3.8, 4) is 11.3 Å². The van der Waals surface area contributed by atoms with E-state index in [4.69, 9.17) is 0 Å². The van der Waals surface area contributed by atoms with Crippen LogP contribution in [0.3, 0.4) is 0 Å². The number of aromatic nitrogens is 3. The zero-order valence-corrected chi connectivity index (χ0v) is 15.3. The molecule has 0 atom stereocenters. The molecule has 4 rings (SSSR count). The van der Waals surface area contributed by atoms with E-state index in [-0.39, 0.29) is 11.7 Å². The number of nitrogens with zero attached hydrogens (tertiary/aromatic N) is 2. The van der Waals surface area contributed by atoms with Gasteiger partial charge in [-0.05, 0) is 60.2 Å². The maximum absolute atomic E-state index is 13.2. The van der Waals surface area contributed by atoms with Crippen LogP contribution in [0.2, 0.25) is 0 Å². The molecule has 5 nitrogen and oxygen atoms in total. The van der Waals surface area contributed by atoms with Gasteiger partial charge in [0.2, 0.25) is 0 Å². The fraction of sp³-hybridized carbons (Fsp3) is 0. The number of aromatic amines is 1. The van der Waals surface area contributed by atoms with Crippen LogP contribution < -0.4 is 5.32 Å². The molecule has 2 N–H and O–H groups in total. The van der Waals surface area contributed by atoms with E-state index in [9.17, 15) is 9.18 Å². The molecular formula is C23H17FN4O. The first-order valence-electron chi connectivity index (χ1n) is 8.99. The second kappa shape index (κ2) is 8.31. The Bertz CT molecular complexity index is 1150. The van der Waals surface area contributed by atoms with Crippen LogP contribution in [0.5, 0.6) is 0 Å². The molecule has 2 aromatic carbocycles. The van der Waals surface area contributed by atoms with E-state index in [0.717, 1.165) is 11.3 Å². The zero-order valence-electron chi connectivity index (χ0n) is 15.3. The third-order valence-electron chi connectivity index (χ3n) is 4.30. The van der Waals surface area contributed by atoms with Crippen LogP contribution in [0.4, 0.5) is 10.1 Å². The first kappa shape index (κ1) is 18.3. The lowest BCUT2D eigenvalue weighted by Crippen LogP contribution is -2.12. The molecule has 0 aliphatic rings. The van der Waals surface area contributed by atoms with Crippen LogP contribution in [-0.2, 0) is 0 Å². The van der Waals surface area contributed by atoms with Crippen molar-refractivity contribution in [1.82, 2.24) is 15.2 Å². The third kappa shape index (κ3) is 4.44. The molecule has 2 aromatic heterocycles. The monoisotopic (exact) mass is 384 g/mol. The zero-order chi connectivity index (χ0) is 20.1. The highest BCUT2D eigenvalue weighted by molar-refractivity contribution is 6.08. The van der Waals surface area contributed by atoms with Gasteiger partial charge < -0.3 is 5.32 Å². The summed E-state index contributed by atoms with van der Waals surface area (Å²) < 4.78 is 13.2. The number of nitrogens with one attached hydrogen (secondary N) is 2. The highest BCUT2D eigenvalue weighted by Gasteiger charge is 2.15. The second-order valence-corrected chi connectivity index (χ2v) is 6.33. The number of hydrogen-bond donors (Lipinski definition) is 2. The molecule has 0 saturated heterocycles. The Labute approximate surface area is 167 Å². The summed E-state index contributed by atoms with van der Waals surface area (Å²) in [6, 6.07) is 19.1. The summed E-state index contributed by atoms with van der Waals surface area (Å²) in [6.45, 7) is 0. The number of halogens is 1. The van der Waals surface area contributed by atoms with Gasteiger partial charge in [-0.1, -0.05) is 24.3 Å². The van der Waals surface area contributed by atoms with Crippen molar-refractivity contribution in [3.05, 3.63) is 102 Å². The van der Waals surface area contributed by atoms with Crippen LogP contribution in [0.1, 0.15) is 21.6 Å². The Morgan fingerprint density at radius 1 is 1.00 bits per heavy atom. The van der Waals surface area contributed by atoms with Gasteiger partial charge >= 0.3 is 0 Å². The fourth-order valence-electron chi connectivity index (χ4n) is 2.87. The molecule has 29 heavy (non-hydrogen) atoms. The van der Waals surface area contributed by atoms with Gasteiger partial charge in [0.25, 0.3) is 5.91 Å². The molecule has 1 amide bonds. The fourth-order valence-corrected chi connectivity index (χ4v) is 2.87. The van der Waals surface area contributed by atoms with E-state index < -0.39 is 0 Å². The average Bonchev–Trinajstić information content (AvgIpc) is 3.24. The summed E-state index contributed by atoms with van der Waals surface area (Å²) in [5.74, 6) is -0.640. The molecule has 4 aromatic rings. The number of pyridine rings is 1. The predicted molar refractivity (Wildman–Crippen MR) is 112 cm³/mol. The quantitative estimate of drug-likeness (QED) is 0.507. The van der Waals surface area contributed by atoms with Crippen molar-refractivity contribution >= 4 is 23.7 Å². The minimum absolute atomic E-state index is 0.302. The first-order chi connectivity index (χ1) is 14.2. The summed E-state index contributed by atoms with van der Waals surface area (Å²) in [6.07, 6.45) is 7.03. The molecule has 0 aliphatic heterocycles. The van der Waals surface area contributed by atoms with Gasteiger partial charge in [0.05, 0.1) is 23.1 Å². The SMILES string of the molecule is O=C(Nc1cccc(/C=C/c2ccccn2)c1)c1cn[nH]c1-c1ccc(F)cc1. The number of benzene rings is 2. The minimum atomic E-state index is -0.338. The summed E-state index contributed by atoms with van der Waals surface area (Å²) in [4.78, 5) is 17.0. The topological polar surface area (TPSA) is 70.7 Å². The summed E-state index contributed by atoms with van der Waals surface area (Å²) in [7, 11) is 0. The largest absolute Gasteiger partial charge is 0.322 e. The number of carbonyl (C=O) groups excluding carboxylic acids is 1. The van der Waals surface area contributed by atoms with Crippen molar-refractivity contribution < 1.29 is 9.18 Å². The predicted octanol–water partition coefficient (Wildman–Crippen LogP) is 5.03. The lowest BCUT2D eigenvalue weighted by Gasteiger charge is -2.07. The molecule has 0 radical (unpaired) electrons. The van der Waals surface area contributed by atoms with Crippen LogP contribution in [0.25, 0.3) is 23.4 Å². The number of hydrogen-bond acceptors (Lipinski definition) is 3. The van der Waals surface area contributed by atoms with Crippen molar-refractivity contribution in [2.24, 2.45) is 0 Å². The smallest absolute Gasteiger partial charge is 0.259 e. The molecule has 0 fully saturated rings. The number of rotatable bonds is 5. The first-order valence-corrected chi connectivity index (χ1v) is 8.99. The van der Waals surface area contributed by atoms with E-state index in [0.29, 0.717) is 22.5 Å². The maximum Gasteiger partial charge on any atom is 0.259 e. The highest BCUT2D eigenvalue weighted by atomic mass is 19.1. The van der Waals surface area contributed by atoms with Crippen molar-refractivity contribution in [2.75, 3.05) is 5.32 Å². The molecule has 0 unspecified atom stereocenters. The summed E-state index contributed by atoms with van der Waals surface area (Å²) in [5.41, 5.74) is 4.04. The van der Waals surface area contributed by atoms with Crippen molar-refractivity contribution in [3.63, 3.8) is 0 Å². The second-order valence-electron chi connectivity index (χ2n) is 6.33. The Morgan fingerprint density at radius 2 is 1.86 bits per heavy atom. The van der Waals surface area contributed by atoms with E-state index in [1.165, 1.54) is 18.3 Å². The van der Waals surface area contributed by atoms with Gasteiger partial charge in [-0.2, -0.15) is 5.10 Å². The van der Waals surface area contributed by atoms with Gasteiger partial charge in [-0.15, -0.1) is 0 Å². The third-order valence-corrected chi connectivity index (χ3v) is 4.30. The number of carbonyl (C=O) groups is 1. The molecule has 2 heterocycles. The number of amides is 1. The Hall–Kier alpha value is -4.06. The van der Waals surface area contributed by atoms with Gasteiger partial charge in [0.15, 0.2) is 0 Å². The number of H-pyrrole nitrogens is 1.